The molecular weight excluding hydrogens is 339 g/mol. The van der Waals surface area contributed by atoms with Crippen molar-refractivity contribution in [1.29, 1.82) is 0 Å². The van der Waals surface area contributed by atoms with Gasteiger partial charge >= 0.3 is 0 Å². The first-order valence-corrected chi connectivity index (χ1v) is 6.84. The fourth-order valence-electron chi connectivity index (χ4n) is 1.45. The normalized spacial score (nSPS) is 10.7. The molecule has 0 unspecified atom stereocenters. The lowest BCUT2D eigenvalue weighted by molar-refractivity contribution is 0.478. The summed E-state index contributed by atoms with van der Waals surface area (Å²) < 4.78 is 6.24. The number of hydrogen-bond donors (Lipinski definition) is 1. The van der Waals surface area contributed by atoms with Crippen LogP contribution in [-0.4, -0.2) is 4.98 Å². The molecule has 0 aliphatic rings. The minimum absolute atomic E-state index is 0.465. The second kappa shape index (κ2) is 5.51. The number of anilines is 1. The number of nitrogens with zero attached hydrogens (tertiary/aromatic N) is 1. The fraction of sp³-hybridized carbons (Fsp3) is 0.250. The van der Waals surface area contributed by atoms with Crippen LogP contribution in [0.3, 0.4) is 0 Å². The number of nitrogens with one attached hydrogen (secondary N) is 1. The van der Waals surface area contributed by atoms with Crippen LogP contribution in [0.25, 0.3) is 0 Å². The Morgan fingerprint density at radius 2 is 2.00 bits per heavy atom. The maximum atomic E-state index is 6.13. The summed E-state index contributed by atoms with van der Waals surface area (Å²) in [5.41, 5.74) is 1.64. The van der Waals surface area contributed by atoms with Crippen molar-refractivity contribution in [3.63, 3.8) is 0 Å². The zero-order chi connectivity index (χ0) is 13.3. The van der Waals surface area contributed by atoms with E-state index in [1.807, 2.05) is 26.0 Å². The largest absolute Gasteiger partial charge is 0.444 e. The molecule has 1 N–H and O–H groups in total. The molecule has 6 heteroatoms. The van der Waals surface area contributed by atoms with Crippen molar-refractivity contribution in [2.45, 2.75) is 20.4 Å². The highest BCUT2D eigenvalue weighted by Crippen LogP contribution is 2.35. The number of aromatic nitrogens is 1. The smallest absolute Gasteiger partial charge is 0.213 e. The molecule has 2 rings (SSSR count). The Morgan fingerprint density at radius 1 is 1.28 bits per heavy atom. The van der Waals surface area contributed by atoms with Crippen LogP contribution in [0, 0.1) is 13.8 Å². The van der Waals surface area contributed by atoms with Gasteiger partial charge in [-0.3, -0.25) is 0 Å². The third-order valence-corrected chi connectivity index (χ3v) is 4.31. The van der Waals surface area contributed by atoms with Crippen molar-refractivity contribution in [3.05, 3.63) is 44.0 Å². The van der Waals surface area contributed by atoms with E-state index in [1.54, 1.807) is 0 Å². The lowest BCUT2D eigenvalue weighted by Crippen LogP contribution is -2.00. The first-order chi connectivity index (χ1) is 8.49. The molecule has 96 valence electrons. The van der Waals surface area contributed by atoms with Crippen LogP contribution in [0.2, 0.25) is 10.0 Å². The number of hydrogen-bond acceptors (Lipinski definition) is 3. The van der Waals surface area contributed by atoms with Crippen LogP contribution in [0.5, 0.6) is 0 Å². The zero-order valence-electron chi connectivity index (χ0n) is 9.85. The van der Waals surface area contributed by atoms with Gasteiger partial charge < -0.3 is 9.73 Å². The van der Waals surface area contributed by atoms with Crippen molar-refractivity contribution >= 4 is 44.8 Å². The van der Waals surface area contributed by atoms with Gasteiger partial charge in [0.2, 0.25) is 5.89 Å². The van der Waals surface area contributed by atoms with Crippen molar-refractivity contribution in [3.8, 4) is 0 Å². The number of aryl methyl sites for hydroxylation is 2. The van der Waals surface area contributed by atoms with Gasteiger partial charge in [0.15, 0.2) is 0 Å². The number of oxazole rings is 1. The van der Waals surface area contributed by atoms with E-state index in [0.29, 0.717) is 22.5 Å². The Kier molecular flexibility index (Phi) is 4.20. The van der Waals surface area contributed by atoms with Crippen LogP contribution in [0.15, 0.2) is 21.0 Å². The molecule has 0 radical (unpaired) electrons. The summed E-state index contributed by atoms with van der Waals surface area (Å²) in [6.07, 6.45) is 0. The van der Waals surface area contributed by atoms with Gasteiger partial charge in [-0.05, 0) is 41.9 Å². The molecular formula is C12H11BrCl2N2O. The summed E-state index contributed by atoms with van der Waals surface area (Å²) in [5, 5.41) is 4.11. The van der Waals surface area contributed by atoms with Crippen LogP contribution in [0.4, 0.5) is 5.69 Å². The number of rotatable bonds is 3. The fourth-order valence-corrected chi connectivity index (χ4v) is 2.29. The second-order valence-electron chi connectivity index (χ2n) is 3.83. The first kappa shape index (κ1) is 13.7. The SMILES string of the molecule is Cc1nc(CNc2ccc(Br)c(Cl)c2Cl)oc1C. The summed E-state index contributed by atoms with van der Waals surface area (Å²) in [6.45, 7) is 4.26. The molecule has 1 aromatic heterocycles. The Morgan fingerprint density at radius 3 is 2.61 bits per heavy atom. The van der Waals surface area contributed by atoms with E-state index in [9.17, 15) is 0 Å². The van der Waals surface area contributed by atoms with E-state index in [4.69, 9.17) is 27.6 Å². The van der Waals surface area contributed by atoms with Gasteiger partial charge in [0, 0.05) is 4.47 Å². The Labute approximate surface area is 124 Å². The van der Waals surface area contributed by atoms with Crippen LogP contribution < -0.4 is 5.32 Å². The molecule has 1 aromatic carbocycles. The molecule has 0 bridgehead atoms. The number of halogens is 3. The molecule has 0 spiro atoms. The lowest BCUT2D eigenvalue weighted by Gasteiger charge is -2.08. The maximum absolute atomic E-state index is 6.13. The molecule has 2 aromatic rings. The second-order valence-corrected chi connectivity index (χ2v) is 5.44. The van der Waals surface area contributed by atoms with Gasteiger partial charge in [-0.15, -0.1) is 0 Å². The predicted molar refractivity (Wildman–Crippen MR) is 77.5 cm³/mol. The highest BCUT2D eigenvalue weighted by atomic mass is 79.9. The summed E-state index contributed by atoms with van der Waals surface area (Å²) in [5.74, 6) is 1.45. The van der Waals surface area contributed by atoms with Gasteiger partial charge in [0.05, 0.1) is 28.0 Å². The minimum atomic E-state index is 0.465. The van der Waals surface area contributed by atoms with Crippen LogP contribution in [0.1, 0.15) is 17.3 Å². The van der Waals surface area contributed by atoms with Crippen molar-refractivity contribution in [1.82, 2.24) is 4.98 Å². The third kappa shape index (κ3) is 2.82. The Bertz CT molecular complexity index is 564. The molecule has 0 atom stereocenters. The van der Waals surface area contributed by atoms with Gasteiger partial charge in [0.25, 0.3) is 0 Å². The van der Waals surface area contributed by atoms with Gasteiger partial charge in [-0.2, -0.15) is 0 Å². The highest BCUT2D eigenvalue weighted by molar-refractivity contribution is 9.10. The molecule has 18 heavy (non-hydrogen) atoms. The molecule has 3 nitrogen and oxygen atoms in total. The van der Waals surface area contributed by atoms with Crippen LogP contribution >= 0.6 is 39.1 Å². The van der Waals surface area contributed by atoms with Crippen molar-refractivity contribution in [2.24, 2.45) is 0 Å². The minimum Gasteiger partial charge on any atom is -0.444 e. The van der Waals surface area contributed by atoms with Gasteiger partial charge in [-0.1, -0.05) is 23.2 Å². The average molecular weight is 350 g/mol. The molecule has 0 saturated carbocycles. The molecule has 0 aliphatic carbocycles. The first-order valence-electron chi connectivity index (χ1n) is 5.29. The van der Waals surface area contributed by atoms with E-state index < -0.39 is 0 Å². The molecule has 0 aliphatic heterocycles. The molecule has 0 saturated heterocycles. The highest BCUT2D eigenvalue weighted by Gasteiger charge is 2.10. The third-order valence-electron chi connectivity index (χ3n) is 2.54. The zero-order valence-corrected chi connectivity index (χ0v) is 12.9. The maximum Gasteiger partial charge on any atom is 0.213 e. The average Bonchev–Trinajstić information content (AvgIpc) is 2.65. The van der Waals surface area contributed by atoms with E-state index >= 15 is 0 Å². The standard InChI is InChI=1S/C12H11BrCl2N2O/c1-6-7(2)18-10(17-6)5-16-9-4-3-8(13)11(14)12(9)15/h3-4,16H,5H2,1-2H3. The Balaban J connectivity index is 2.13. The van der Waals surface area contributed by atoms with E-state index in [2.05, 4.69) is 26.2 Å². The van der Waals surface area contributed by atoms with E-state index in [1.165, 1.54) is 0 Å². The molecule has 0 fully saturated rings. The molecule has 0 amide bonds. The quantitative estimate of drug-likeness (QED) is 0.794. The van der Waals surface area contributed by atoms with Crippen molar-refractivity contribution in [2.75, 3.05) is 5.32 Å². The van der Waals surface area contributed by atoms with Crippen molar-refractivity contribution < 1.29 is 4.42 Å². The van der Waals surface area contributed by atoms with E-state index in [0.717, 1.165) is 21.6 Å². The lowest BCUT2D eigenvalue weighted by atomic mass is 10.3. The molecule has 1 heterocycles. The van der Waals surface area contributed by atoms with Crippen LogP contribution in [-0.2, 0) is 6.54 Å². The topological polar surface area (TPSA) is 38.1 Å². The van der Waals surface area contributed by atoms with E-state index in [-0.39, 0.29) is 0 Å². The summed E-state index contributed by atoms with van der Waals surface area (Å²) in [7, 11) is 0. The van der Waals surface area contributed by atoms with Gasteiger partial charge in [-0.25, -0.2) is 4.98 Å². The predicted octanol–water partition coefficient (Wildman–Crippen LogP) is 4.97. The number of benzene rings is 1. The van der Waals surface area contributed by atoms with Gasteiger partial charge in [0.1, 0.15) is 5.76 Å². The summed E-state index contributed by atoms with van der Waals surface area (Å²) >= 11 is 15.5. The monoisotopic (exact) mass is 348 g/mol. The summed E-state index contributed by atoms with van der Waals surface area (Å²) in [4.78, 5) is 4.28. The summed E-state index contributed by atoms with van der Waals surface area (Å²) in [6, 6.07) is 3.68. The Hall–Kier alpha value is -0.710.